The lowest BCUT2D eigenvalue weighted by atomic mass is 10.0. The third-order valence-corrected chi connectivity index (χ3v) is 8.45. The molecule has 0 saturated heterocycles. The number of amides is 3. The van der Waals surface area contributed by atoms with Crippen LogP contribution < -0.4 is 15.5 Å². The lowest BCUT2D eigenvalue weighted by molar-refractivity contribution is -0.119. The SMILES string of the molecule is CN1C(=O)CCc2cc(NC(=O)c3cc(NC(=O)[C@H]4[C@H](c5cc(Cl)cc(Cl)c5)C4(Cl)Cl)ccc3Cl)ccc21. The Hall–Kier alpha value is -2.48. The monoisotopic (exact) mass is 609 g/mol. The number of carbonyl (C=O) groups excluding carboxylic acids is 3. The zero-order valence-corrected chi connectivity index (χ0v) is 23.6. The van der Waals surface area contributed by atoms with E-state index in [-0.39, 0.29) is 16.5 Å². The minimum absolute atomic E-state index is 0.0504. The summed E-state index contributed by atoms with van der Waals surface area (Å²) in [6.45, 7) is 0. The van der Waals surface area contributed by atoms with Crippen LogP contribution in [0, 0.1) is 5.92 Å². The van der Waals surface area contributed by atoms with Crippen molar-refractivity contribution >= 4 is 92.8 Å². The maximum Gasteiger partial charge on any atom is 0.257 e. The first-order valence-corrected chi connectivity index (χ1v) is 13.5. The Balaban J connectivity index is 1.31. The molecule has 0 radical (unpaired) electrons. The van der Waals surface area contributed by atoms with Crippen molar-refractivity contribution in [1.29, 1.82) is 0 Å². The Labute approximate surface area is 244 Å². The van der Waals surface area contributed by atoms with Crippen LogP contribution in [0.2, 0.25) is 15.1 Å². The standard InChI is InChI=1S/C27H20Cl5N3O3/c1-35-21-6-4-17(10-13(21)2-7-22(35)36)33-25(37)19-12-18(3-5-20(19)30)34-26(38)24-23(27(24,31)32)14-8-15(28)11-16(29)9-14/h3-6,8-12,23-24H,2,7H2,1H3,(H,33,37)(H,34,38)/t23-,24+/m0/s1. The molecule has 6 nitrogen and oxygen atoms in total. The van der Waals surface area contributed by atoms with E-state index in [4.69, 9.17) is 58.0 Å². The molecule has 5 rings (SSSR count). The van der Waals surface area contributed by atoms with Gasteiger partial charge < -0.3 is 15.5 Å². The number of fused-ring (bicyclic) bond motifs is 1. The molecule has 2 aliphatic rings. The van der Waals surface area contributed by atoms with Crippen molar-refractivity contribution < 1.29 is 14.4 Å². The van der Waals surface area contributed by atoms with Crippen molar-refractivity contribution in [3.63, 3.8) is 0 Å². The number of hydrogen-bond donors (Lipinski definition) is 2. The van der Waals surface area contributed by atoms with Crippen LogP contribution in [0.3, 0.4) is 0 Å². The van der Waals surface area contributed by atoms with Crippen LogP contribution in [-0.2, 0) is 16.0 Å². The summed E-state index contributed by atoms with van der Waals surface area (Å²) in [7, 11) is 1.73. The minimum Gasteiger partial charge on any atom is -0.326 e. The van der Waals surface area contributed by atoms with Crippen molar-refractivity contribution in [1.82, 2.24) is 0 Å². The first-order chi connectivity index (χ1) is 18.0. The van der Waals surface area contributed by atoms with Crippen molar-refractivity contribution in [2.75, 3.05) is 22.6 Å². The normalized spacial score (nSPS) is 19.5. The van der Waals surface area contributed by atoms with E-state index >= 15 is 0 Å². The van der Waals surface area contributed by atoms with Crippen LogP contribution in [0.1, 0.15) is 33.8 Å². The Morgan fingerprint density at radius 3 is 2.26 bits per heavy atom. The highest BCUT2D eigenvalue weighted by molar-refractivity contribution is 6.53. The number of halogens is 5. The van der Waals surface area contributed by atoms with E-state index in [2.05, 4.69) is 10.6 Å². The number of rotatable bonds is 5. The molecule has 0 aromatic heterocycles. The summed E-state index contributed by atoms with van der Waals surface area (Å²) in [6.07, 6.45) is 1.00. The molecule has 2 N–H and O–H groups in total. The molecule has 38 heavy (non-hydrogen) atoms. The summed E-state index contributed by atoms with van der Waals surface area (Å²) < 4.78 is -1.34. The lowest BCUT2D eigenvalue weighted by Crippen LogP contribution is -2.31. The van der Waals surface area contributed by atoms with E-state index in [9.17, 15) is 14.4 Å². The fourth-order valence-corrected chi connectivity index (χ4v) is 6.33. The first kappa shape index (κ1) is 27.1. The van der Waals surface area contributed by atoms with Gasteiger partial charge in [-0.25, -0.2) is 0 Å². The van der Waals surface area contributed by atoms with Crippen LogP contribution in [0.5, 0.6) is 0 Å². The molecule has 3 aromatic carbocycles. The molecule has 0 bridgehead atoms. The van der Waals surface area contributed by atoms with Gasteiger partial charge in [0.25, 0.3) is 5.91 Å². The summed E-state index contributed by atoms with van der Waals surface area (Å²) in [5.41, 5.74) is 3.53. The molecule has 0 spiro atoms. The molecule has 3 aromatic rings. The molecule has 1 fully saturated rings. The first-order valence-electron chi connectivity index (χ1n) is 11.6. The predicted molar refractivity (Wildman–Crippen MR) is 153 cm³/mol. The molecule has 0 unspecified atom stereocenters. The van der Waals surface area contributed by atoms with Crippen molar-refractivity contribution in [3.05, 3.63) is 86.4 Å². The predicted octanol–water partition coefficient (Wildman–Crippen LogP) is 7.33. The van der Waals surface area contributed by atoms with Gasteiger partial charge in [-0.1, -0.05) is 34.8 Å². The quantitative estimate of drug-likeness (QED) is 0.297. The fourth-order valence-electron chi connectivity index (χ4n) is 4.75. The second-order valence-corrected chi connectivity index (χ2v) is 12.0. The second kappa shape index (κ2) is 10.2. The van der Waals surface area contributed by atoms with Gasteiger partial charge >= 0.3 is 0 Å². The third kappa shape index (κ3) is 5.21. The number of hydrogen-bond acceptors (Lipinski definition) is 3. The average molecular weight is 612 g/mol. The summed E-state index contributed by atoms with van der Waals surface area (Å²) in [5.74, 6) is -2.08. The van der Waals surface area contributed by atoms with E-state index in [1.165, 1.54) is 12.1 Å². The van der Waals surface area contributed by atoms with E-state index in [1.807, 2.05) is 6.07 Å². The number of nitrogens with one attached hydrogen (secondary N) is 2. The van der Waals surface area contributed by atoms with Gasteiger partial charge in [0.2, 0.25) is 11.8 Å². The van der Waals surface area contributed by atoms with Crippen LogP contribution in [0.15, 0.2) is 54.6 Å². The van der Waals surface area contributed by atoms with Crippen LogP contribution in [0.25, 0.3) is 0 Å². The maximum atomic E-state index is 13.1. The topological polar surface area (TPSA) is 78.5 Å². The zero-order valence-electron chi connectivity index (χ0n) is 19.8. The molecule has 1 aliphatic carbocycles. The Kier molecular flexibility index (Phi) is 7.31. The van der Waals surface area contributed by atoms with Gasteiger partial charge in [0.05, 0.1) is 16.5 Å². The van der Waals surface area contributed by atoms with Crippen LogP contribution in [-0.4, -0.2) is 29.1 Å². The molecule has 3 amide bonds. The highest BCUT2D eigenvalue weighted by Gasteiger charge is 2.67. The van der Waals surface area contributed by atoms with E-state index in [0.717, 1.165) is 11.3 Å². The zero-order chi connectivity index (χ0) is 27.4. The highest BCUT2D eigenvalue weighted by atomic mass is 35.5. The molecule has 1 aliphatic heterocycles. The molecule has 11 heteroatoms. The largest absolute Gasteiger partial charge is 0.326 e. The average Bonchev–Trinajstić information content (AvgIpc) is 3.44. The van der Waals surface area contributed by atoms with Crippen LogP contribution >= 0.6 is 58.0 Å². The van der Waals surface area contributed by atoms with Gasteiger partial charge in [0.1, 0.15) is 4.33 Å². The van der Waals surface area contributed by atoms with Crippen molar-refractivity contribution in [2.24, 2.45) is 5.92 Å². The molecule has 2 atom stereocenters. The van der Waals surface area contributed by atoms with Gasteiger partial charge in [-0.2, -0.15) is 0 Å². The Morgan fingerprint density at radius 1 is 0.895 bits per heavy atom. The molecule has 196 valence electrons. The molecular weight excluding hydrogens is 592 g/mol. The maximum absolute atomic E-state index is 13.1. The third-order valence-electron chi connectivity index (χ3n) is 6.74. The summed E-state index contributed by atoms with van der Waals surface area (Å²) in [6, 6.07) is 14.9. The number of nitrogens with zero attached hydrogens (tertiary/aromatic N) is 1. The van der Waals surface area contributed by atoms with Crippen LogP contribution in [0.4, 0.5) is 17.1 Å². The highest BCUT2D eigenvalue weighted by Crippen LogP contribution is 2.65. The van der Waals surface area contributed by atoms with E-state index in [0.29, 0.717) is 39.8 Å². The van der Waals surface area contributed by atoms with Gasteiger partial charge in [0.15, 0.2) is 0 Å². The van der Waals surface area contributed by atoms with Gasteiger partial charge in [-0.15, -0.1) is 23.2 Å². The number of aryl methyl sites for hydroxylation is 1. The summed E-state index contributed by atoms with van der Waals surface area (Å²) in [5, 5.41) is 6.65. The van der Waals surface area contributed by atoms with Gasteiger partial charge in [-0.3, -0.25) is 14.4 Å². The minimum atomic E-state index is -1.34. The number of benzene rings is 3. The number of anilines is 3. The van der Waals surface area contributed by atoms with Gasteiger partial charge in [-0.05, 0) is 72.1 Å². The molecule has 1 heterocycles. The summed E-state index contributed by atoms with van der Waals surface area (Å²) in [4.78, 5) is 39.7. The second-order valence-electron chi connectivity index (χ2n) is 9.27. The van der Waals surface area contributed by atoms with Crippen molar-refractivity contribution in [3.8, 4) is 0 Å². The smallest absolute Gasteiger partial charge is 0.257 e. The summed E-state index contributed by atoms with van der Waals surface area (Å²) >= 11 is 31.4. The van der Waals surface area contributed by atoms with E-state index in [1.54, 1.807) is 48.3 Å². The Bertz CT molecular complexity index is 1470. The Morgan fingerprint density at radius 2 is 1.55 bits per heavy atom. The van der Waals surface area contributed by atoms with Crippen molar-refractivity contribution in [2.45, 2.75) is 23.1 Å². The fraction of sp³-hybridized carbons (Fsp3) is 0.222. The number of alkyl halides is 2. The molecule has 1 saturated carbocycles. The van der Waals surface area contributed by atoms with Gasteiger partial charge in [0, 0.05) is 46.5 Å². The molecular formula is C27H20Cl5N3O3. The van der Waals surface area contributed by atoms with E-state index < -0.39 is 28.0 Å². The number of carbonyl (C=O) groups is 3. The lowest BCUT2D eigenvalue weighted by Gasteiger charge is -2.26.